The lowest BCUT2D eigenvalue weighted by molar-refractivity contribution is -0.130. The van der Waals surface area contributed by atoms with E-state index in [1.165, 1.54) is 0 Å². The van der Waals surface area contributed by atoms with Crippen LogP contribution in [0.25, 0.3) is 21.8 Å². The van der Waals surface area contributed by atoms with Crippen LogP contribution in [0.4, 0.5) is 5.82 Å². The van der Waals surface area contributed by atoms with Gasteiger partial charge in [0, 0.05) is 48.7 Å². The monoisotopic (exact) mass is 335 g/mol. The summed E-state index contributed by atoms with van der Waals surface area (Å²) in [6, 6.07) is 3.98. The van der Waals surface area contributed by atoms with Crippen molar-refractivity contribution in [3.8, 4) is 6.07 Å². The average molecular weight is 335 g/mol. The van der Waals surface area contributed by atoms with Gasteiger partial charge in [-0.3, -0.25) is 4.79 Å². The molecule has 3 aromatic heterocycles. The summed E-state index contributed by atoms with van der Waals surface area (Å²) in [5, 5.41) is 20.2. The molecule has 1 aliphatic rings. The Bertz CT molecular complexity index is 989. The third kappa shape index (κ3) is 2.54. The molecule has 1 amide bonds. The number of aromatic amines is 1. The summed E-state index contributed by atoms with van der Waals surface area (Å²) >= 11 is 0. The quantitative estimate of drug-likeness (QED) is 0.777. The summed E-state index contributed by atoms with van der Waals surface area (Å²) in [5.41, 5.74) is 0.818. The molecule has 0 spiro atoms. The molecular formula is C17H17N7O. The van der Waals surface area contributed by atoms with Crippen LogP contribution in [-0.4, -0.2) is 57.2 Å². The maximum Gasteiger partial charge on any atom is 0.236 e. The largest absolute Gasteiger partial charge is 0.352 e. The zero-order valence-corrected chi connectivity index (χ0v) is 13.8. The Labute approximate surface area is 144 Å². The van der Waals surface area contributed by atoms with E-state index in [-0.39, 0.29) is 18.4 Å². The molecule has 25 heavy (non-hydrogen) atoms. The van der Waals surface area contributed by atoms with Gasteiger partial charge in [0.2, 0.25) is 5.91 Å². The van der Waals surface area contributed by atoms with Crippen LogP contribution in [0, 0.1) is 11.3 Å². The van der Waals surface area contributed by atoms with Crippen molar-refractivity contribution in [2.75, 3.05) is 25.0 Å². The number of nitriles is 1. The first-order chi connectivity index (χ1) is 12.2. The number of fused-ring (bicyclic) bond motifs is 3. The van der Waals surface area contributed by atoms with Gasteiger partial charge in [-0.25, -0.2) is 4.98 Å². The molecule has 1 atom stereocenters. The summed E-state index contributed by atoms with van der Waals surface area (Å²) in [4.78, 5) is 23.3. The number of nitrogens with one attached hydrogen (secondary N) is 1. The van der Waals surface area contributed by atoms with Gasteiger partial charge in [-0.05, 0) is 12.5 Å². The normalized spacial score (nSPS) is 17.1. The molecule has 1 saturated heterocycles. The lowest BCUT2D eigenvalue weighted by Gasteiger charge is -2.24. The van der Waals surface area contributed by atoms with E-state index >= 15 is 0 Å². The van der Waals surface area contributed by atoms with Crippen LogP contribution < -0.4 is 4.90 Å². The van der Waals surface area contributed by atoms with Gasteiger partial charge >= 0.3 is 0 Å². The van der Waals surface area contributed by atoms with Crippen molar-refractivity contribution in [2.24, 2.45) is 0 Å². The van der Waals surface area contributed by atoms with E-state index in [0.717, 1.165) is 40.6 Å². The number of amides is 1. The number of aromatic nitrogens is 4. The van der Waals surface area contributed by atoms with E-state index < -0.39 is 0 Å². The van der Waals surface area contributed by atoms with E-state index in [1.54, 1.807) is 24.3 Å². The predicted molar refractivity (Wildman–Crippen MR) is 92.8 cm³/mol. The van der Waals surface area contributed by atoms with Crippen LogP contribution in [-0.2, 0) is 4.79 Å². The van der Waals surface area contributed by atoms with Crippen molar-refractivity contribution >= 4 is 33.5 Å². The molecule has 1 fully saturated rings. The fourth-order valence-corrected chi connectivity index (χ4v) is 3.43. The molecule has 126 valence electrons. The molecule has 8 nitrogen and oxygen atoms in total. The number of likely N-dealkylation sites (N-methyl/N-ethyl adjacent to an activating group) is 1. The number of rotatable bonds is 3. The second-order valence-corrected chi connectivity index (χ2v) is 6.22. The summed E-state index contributed by atoms with van der Waals surface area (Å²) in [6.45, 7) is 1.46. The minimum atomic E-state index is -0.143. The fourth-order valence-electron chi connectivity index (χ4n) is 3.43. The number of pyridine rings is 1. The third-order valence-electron chi connectivity index (χ3n) is 4.82. The molecule has 1 unspecified atom stereocenters. The zero-order chi connectivity index (χ0) is 17.4. The number of carbonyl (C=O) groups excluding carboxylic acids is 1. The van der Waals surface area contributed by atoms with Crippen molar-refractivity contribution < 1.29 is 4.79 Å². The fraction of sp³-hybridized carbons (Fsp3) is 0.353. The molecule has 0 radical (unpaired) electrons. The Kier molecular flexibility index (Phi) is 3.69. The lowest BCUT2D eigenvalue weighted by Crippen LogP contribution is -2.38. The molecule has 0 aliphatic carbocycles. The van der Waals surface area contributed by atoms with E-state index in [9.17, 15) is 4.79 Å². The van der Waals surface area contributed by atoms with Crippen LogP contribution in [0.2, 0.25) is 0 Å². The van der Waals surface area contributed by atoms with Gasteiger partial charge < -0.3 is 14.8 Å². The zero-order valence-electron chi connectivity index (χ0n) is 13.8. The molecule has 3 aromatic rings. The van der Waals surface area contributed by atoms with Crippen molar-refractivity contribution in [3.63, 3.8) is 0 Å². The van der Waals surface area contributed by atoms with Gasteiger partial charge in [0.1, 0.15) is 12.1 Å². The SMILES string of the molecule is CN(C(=O)CC#N)C1CCN(c2nncc3cnc4[nH]ccc4c23)C1. The first kappa shape index (κ1) is 15.3. The van der Waals surface area contributed by atoms with E-state index in [0.29, 0.717) is 6.54 Å². The number of hydrogen-bond donors (Lipinski definition) is 1. The third-order valence-corrected chi connectivity index (χ3v) is 4.82. The smallest absolute Gasteiger partial charge is 0.236 e. The molecule has 4 rings (SSSR count). The van der Waals surface area contributed by atoms with Gasteiger partial charge in [-0.1, -0.05) is 0 Å². The highest BCUT2D eigenvalue weighted by atomic mass is 16.2. The number of hydrogen-bond acceptors (Lipinski definition) is 6. The van der Waals surface area contributed by atoms with Crippen molar-refractivity contribution in [1.29, 1.82) is 5.26 Å². The van der Waals surface area contributed by atoms with E-state index in [4.69, 9.17) is 5.26 Å². The second kappa shape index (κ2) is 6.02. The molecule has 0 saturated carbocycles. The van der Waals surface area contributed by atoms with Crippen molar-refractivity contribution in [2.45, 2.75) is 18.9 Å². The van der Waals surface area contributed by atoms with Crippen LogP contribution >= 0.6 is 0 Å². The number of carbonyl (C=O) groups is 1. The predicted octanol–water partition coefficient (Wildman–Crippen LogP) is 1.46. The summed E-state index contributed by atoms with van der Waals surface area (Å²) in [5.74, 6) is 0.670. The topological polar surface area (TPSA) is 102 Å². The number of nitrogens with zero attached hydrogens (tertiary/aromatic N) is 6. The Morgan fingerprint density at radius 1 is 1.52 bits per heavy atom. The molecule has 0 bridgehead atoms. The molecular weight excluding hydrogens is 318 g/mol. The van der Waals surface area contributed by atoms with E-state index in [2.05, 4.69) is 25.1 Å². The number of anilines is 1. The Hall–Kier alpha value is -3.21. The molecule has 8 heteroatoms. The van der Waals surface area contributed by atoms with Gasteiger partial charge in [-0.2, -0.15) is 10.4 Å². The molecule has 4 heterocycles. The van der Waals surface area contributed by atoms with Gasteiger partial charge in [0.25, 0.3) is 0 Å². The standard InChI is InChI=1S/C17H17N7O/c1-23(14(25)2-5-18)12-4-7-24(10-12)17-15-11(9-21-22-17)8-20-16-13(15)3-6-19-16/h3,6,8-9,12H,2,4,7,10H2,1H3,(H,19,20). The lowest BCUT2D eigenvalue weighted by atomic mass is 10.1. The number of H-pyrrole nitrogens is 1. The summed E-state index contributed by atoms with van der Waals surface area (Å²) < 4.78 is 0. The minimum Gasteiger partial charge on any atom is -0.352 e. The van der Waals surface area contributed by atoms with Crippen LogP contribution in [0.5, 0.6) is 0 Å². The van der Waals surface area contributed by atoms with E-state index in [1.807, 2.05) is 18.3 Å². The van der Waals surface area contributed by atoms with Crippen molar-refractivity contribution in [3.05, 3.63) is 24.7 Å². The second-order valence-electron chi connectivity index (χ2n) is 6.22. The van der Waals surface area contributed by atoms with Crippen LogP contribution in [0.3, 0.4) is 0 Å². The maximum absolute atomic E-state index is 12.0. The Morgan fingerprint density at radius 2 is 2.40 bits per heavy atom. The summed E-state index contributed by atoms with van der Waals surface area (Å²) in [6.07, 6.45) is 6.13. The highest BCUT2D eigenvalue weighted by Crippen LogP contribution is 2.32. The molecule has 1 N–H and O–H groups in total. The maximum atomic E-state index is 12.0. The first-order valence-electron chi connectivity index (χ1n) is 8.14. The van der Waals surface area contributed by atoms with Crippen LogP contribution in [0.1, 0.15) is 12.8 Å². The average Bonchev–Trinajstić information content (AvgIpc) is 3.30. The highest BCUT2D eigenvalue weighted by molar-refractivity contribution is 6.10. The van der Waals surface area contributed by atoms with Crippen LogP contribution in [0.15, 0.2) is 24.7 Å². The van der Waals surface area contributed by atoms with Gasteiger partial charge in [0.15, 0.2) is 5.82 Å². The Morgan fingerprint density at radius 3 is 3.24 bits per heavy atom. The van der Waals surface area contributed by atoms with Gasteiger partial charge in [0.05, 0.1) is 18.3 Å². The summed E-state index contributed by atoms with van der Waals surface area (Å²) in [7, 11) is 1.76. The highest BCUT2D eigenvalue weighted by Gasteiger charge is 2.30. The minimum absolute atomic E-state index is 0.0708. The van der Waals surface area contributed by atoms with Gasteiger partial charge in [-0.15, -0.1) is 5.10 Å². The molecule has 1 aliphatic heterocycles. The Balaban J connectivity index is 1.68. The van der Waals surface area contributed by atoms with Crippen molar-refractivity contribution in [1.82, 2.24) is 25.1 Å². The molecule has 0 aromatic carbocycles. The first-order valence-corrected chi connectivity index (χ1v) is 8.14.